The minimum absolute atomic E-state index is 0.304. The van der Waals surface area contributed by atoms with Gasteiger partial charge in [0.1, 0.15) is 11.9 Å². The van der Waals surface area contributed by atoms with Gasteiger partial charge in [0.05, 0.1) is 34.0 Å². The molecule has 1 fully saturated rings. The largest absolute Gasteiger partial charge is 0.573 e. The third kappa shape index (κ3) is 8.07. The number of imidazole rings is 1. The van der Waals surface area contributed by atoms with E-state index in [0.717, 1.165) is 24.8 Å². The summed E-state index contributed by atoms with van der Waals surface area (Å²) in [6.07, 6.45) is 1.37. The monoisotopic (exact) mass is 572 g/mol. The van der Waals surface area contributed by atoms with E-state index in [1.165, 1.54) is 37.1 Å². The molecule has 0 radical (unpaired) electrons. The third-order valence-corrected chi connectivity index (χ3v) is 7.19. The Bertz CT molecular complexity index is 1230. The molecule has 2 atom stereocenters. The highest BCUT2D eigenvalue weighted by molar-refractivity contribution is 6.42. The van der Waals surface area contributed by atoms with Crippen molar-refractivity contribution in [3.63, 3.8) is 0 Å². The fourth-order valence-corrected chi connectivity index (χ4v) is 4.99. The van der Waals surface area contributed by atoms with Crippen molar-refractivity contribution in [3.05, 3.63) is 52.8 Å². The van der Waals surface area contributed by atoms with E-state index in [-0.39, 0.29) is 17.9 Å². The number of hydrogen-bond donors (Lipinski definition) is 2. The Kier molecular flexibility index (Phi) is 9.15. The van der Waals surface area contributed by atoms with Gasteiger partial charge in [-0.3, -0.25) is 0 Å². The zero-order valence-electron chi connectivity index (χ0n) is 20.7. The van der Waals surface area contributed by atoms with Crippen LogP contribution in [-0.4, -0.2) is 40.7 Å². The smallest absolute Gasteiger partial charge is 0.444 e. The number of ether oxygens (including phenoxy) is 2. The lowest BCUT2D eigenvalue weighted by atomic mass is 10.00. The number of anilines is 1. The van der Waals surface area contributed by atoms with E-state index >= 15 is 0 Å². The molecule has 1 saturated carbocycles. The van der Waals surface area contributed by atoms with Gasteiger partial charge >= 0.3 is 12.5 Å². The molecule has 12 heteroatoms. The van der Waals surface area contributed by atoms with Crippen LogP contribution in [-0.2, 0) is 11.3 Å². The molecule has 1 aliphatic carbocycles. The molecule has 2 aromatic carbocycles. The van der Waals surface area contributed by atoms with E-state index in [1.54, 1.807) is 25.4 Å². The van der Waals surface area contributed by atoms with E-state index in [9.17, 15) is 18.0 Å². The van der Waals surface area contributed by atoms with Gasteiger partial charge in [0.15, 0.2) is 0 Å². The molecule has 4 rings (SSSR count). The van der Waals surface area contributed by atoms with E-state index < -0.39 is 12.5 Å². The molecule has 1 amide bonds. The van der Waals surface area contributed by atoms with Crippen LogP contribution in [0.15, 0.2) is 42.7 Å². The minimum atomic E-state index is -4.74. The molecule has 206 valence electrons. The number of halogens is 5. The summed E-state index contributed by atoms with van der Waals surface area (Å²) in [6, 6.07) is 8.54. The van der Waals surface area contributed by atoms with Crippen molar-refractivity contribution in [2.24, 2.45) is 5.92 Å². The summed E-state index contributed by atoms with van der Waals surface area (Å²) in [5.74, 6) is 0.186. The lowest BCUT2D eigenvalue weighted by Crippen LogP contribution is -2.40. The first kappa shape index (κ1) is 28.2. The van der Waals surface area contributed by atoms with Gasteiger partial charge in [-0.2, -0.15) is 0 Å². The number of alkyl carbamates (subject to hydrolysis) is 1. The average molecular weight is 573 g/mol. The Balaban J connectivity index is 1.33. The molecule has 0 spiro atoms. The third-order valence-electron chi connectivity index (χ3n) is 6.47. The minimum Gasteiger partial charge on any atom is -0.444 e. The number of aromatic nitrogens is 2. The maximum atomic E-state index is 12.8. The molecule has 2 N–H and O–H groups in total. The Morgan fingerprint density at radius 2 is 1.84 bits per heavy atom. The summed E-state index contributed by atoms with van der Waals surface area (Å²) in [5.41, 5.74) is 2.11. The number of amides is 1. The quantitative estimate of drug-likeness (QED) is 0.264. The molecular weight excluding hydrogens is 544 g/mol. The average Bonchev–Trinajstić information content (AvgIpc) is 3.48. The fourth-order valence-electron chi connectivity index (χ4n) is 4.68. The van der Waals surface area contributed by atoms with E-state index in [1.807, 2.05) is 4.57 Å². The molecule has 0 unspecified atom stereocenters. The van der Waals surface area contributed by atoms with E-state index in [0.29, 0.717) is 40.3 Å². The highest BCUT2D eigenvalue weighted by Gasteiger charge is 2.31. The normalized spacial score (nSPS) is 15.8. The first-order chi connectivity index (χ1) is 18.1. The summed E-state index contributed by atoms with van der Waals surface area (Å²) in [5, 5.41) is 6.75. The zero-order valence-corrected chi connectivity index (χ0v) is 22.2. The van der Waals surface area contributed by atoms with Gasteiger partial charge in [0.2, 0.25) is 0 Å². The Morgan fingerprint density at radius 3 is 2.53 bits per heavy atom. The van der Waals surface area contributed by atoms with E-state index in [4.69, 9.17) is 27.9 Å². The van der Waals surface area contributed by atoms with Crippen molar-refractivity contribution in [1.82, 2.24) is 14.9 Å². The summed E-state index contributed by atoms with van der Waals surface area (Å²) < 4.78 is 48.6. The number of rotatable bonds is 10. The van der Waals surface area contributed by atoms with Crippen LogP contribution in [0.2, 0.25) is 10.0 Å². The van der Waals surface area contributed by atoms with Gasteiger partial charge in [0.25, 0.3) is 0 Å². The number of fused-ring (bicyclic) bond motifs is 1. The second kappa shape index (κ2) is 12.3. The van der Waals surface area contributed by atoms with Crippen LogP contribution in [0.5, 0.6) is 5.75 Å². The Labute approximate surface area is 228 Å². The van der Waals surface area contributed by atoms with Gasteiger partial charge in [-0.25, -0.2) is 9.78 Å². The molecule has 0 aliphatic heterocycles. The summed E-state index contributed by atoms with van der Waals surface area (Å²) in [6.45, 7) is 2.57. The maximum absolute atomic E-state index is 12.8. The van der Waals surface area contributed by atoms with E-state index in [2.05, 4.69) is 20.4 Å². The molecule has 1 aromatic heterocycles. The SMILES string of the molecule is C[C@@H](CNc1ccc(OC(F)(F)F)cc1)NC(=O)O[C@@H](CC1CCCC1)Cn1cnc2cc(Cl)c(Cl)cc21. The first-order valence-corrected chi connectivity index (χ1v) is 13.2. The second-order valence-electron chi connectivity index (χ2n) is 9.56. The molecule has 1 aliphatic rings. The number of nitrogens with zero attached hydrogens (tertiary/aromatic N) is 2. The topological polar surface area (TPSA) is 77.4 Å². The molecule has 0 saturated heterocycles. The number of carbonyl (C=O) groups excluding carboxylic acids is 1. The number of hydrogen-bond acceptors (Lipinski definition) is 5. The van der Waals surface area contributed by atoms with Crippen LogP contribution in [0.1, 0.15) is 39.0 Å². The Hall–Kier alpha value is -2.85. The molecular formula is C26H29Cl2F3N4O3. The van der Waals surface area contributed by atoms with Crippen molar-refractivity contribution in [3.8, 4) is 5.75 Å². The summed E-state index contributed by atoms with van der Waals surface area (Å²) in [4.78, 5) is 17.2. The van der Waals surface area contributed by atoms with Gasteiger partial charge in [-0.15, -0.1) is 13.2 Å². The van der Waals surface area contributed by atoms with Crippen molar-refractivity contribution in [1.29, 1.82) is 0 Å². The van der Waals surface area contributed by atoms with Gasteiger partial charge in [-0.05, 0) is 55.7 Å². The van der Waals surface area contributed by atoms with Crippen LogP contribution in [0.3, 0.4) is 0 Å². The standard InChI is InChI=1S/C26H29Cl2F3N4O3/c1-16(13-32-18-6-8-19(9-7-18)38-26(29,30)31)34-25(36)37-20(10-17-4-2-3-5-17)14-35-15-33-23-11-21(27)22(28)12-24(23)35/h6-9,11-12,15-17,20,32H,2-5,10,13-14H2,1H3,(H,34,36)/t16-,20-/m0/s1. The molecule has 38 heavy (non-hydrogen) atoms. The number of alkyl halides is 3. The van der Waals surface area contributed by atoms with Crippen molar-refractivity contribution in [2.75, 3.05) is 11.9 Å². The van der Waals surface area contributed by atoms with Crippen LogP contribution < -0.4 is 15.4 Å². The predicted octanol–water partition coefficient (Wildman–Crippen LogP) is 7.42. The van der Waals surface area contributed by atoms with Crippen LogP contribution in [0, 0.1) is 5.92 Å². The fraction of sp³-hybridized carbons (Fsp3) is 0.462. The van der Waals surface area contributed by atoms with Gasteiger partial charge < -0.3 is 24.7 Å². The van der Waals surface area contributed by atoms with Crippen LogP contribution in [0.25, 0.3) is 11.0 Å². The number of carbonyl (C=O) groups is 1. The van der Waals surface area contributed by atoms with Crippen molar-refractivity contribution >= 4 is 46.0 Å². The maximum Gasteiger partial charge on any atom is 0.573 e. The molecule has 0 bridgehead atoms. The van der Waals surface area contributed by atoms with Crippen LogP contribution in [0.4, 0.5) is 23.7 Å². The lowest BCUT2D eigenvalue weighted by Gasteiger charge is -2.23. The predicted molar refractivity (Wildman–Crippen MR) is 141 cm³/mol. The van der Waals surface area contributed by atoms with Gasteiger partial charge in [0, 0.05) is 18.3 Å². The Morgan fingerprint density at radius 1 is 1.16 bits per heavy atom. The highest BCUT2D eigenvalue weighted by atomic mass is 35.5. The number of nitrogens with one attached hydrogen (secondary N) is 2. The summed E-state index contributed by atoms with van der Waals surface area (Å²) in [7, 11) is 0. The van der Waals surface area contributed by atoms with Gasteiger partial charge in [-0.1, -0.05) is 48.9 Å². The zero-order chi connectivity index (χ0) is 27.3. The van der Waals surface area contributed by atoms with Crippen molar-refractivity contribution < 1.29 is 27.4 Å². The molecule has 1 heterocycles. The number of benzene rings is 2. The highest BCUT2D eigenvalue weighted by Crippen LogP contribution is 2.31. The molecule has 7 nitrogen and oxygen atoms in total. The first-order valence-electron chi connectivity index (χ1n) is 12.4. The van der Waals surface area contributed by atoms with Crippen LogP contribution >= 0.6 is 23.2 Å². The molecule has 3 aromatic rings. The second-order valence-corrected chi connectivity index (χ2v) is 10.4. The van der Waals surface area contributed by atoms with Crippen molar-refractivity contribution in [2.45, 2.75) is 64.1 Å². The summed E-state index contributed by atoms with van der Waals surface area (Å²) >= 11 is 12.3. The lowest BCUT2D eigenvalue weighted by molar-refractivity contribution is -0.274.